The largest absolute Gasteiger partial charge is 0.508 e. The second-order valence-corrected chi connectivity index (χ2v) is 14.6. The lowest BCUT2D eigenvalue weighted by Gasteiger charge is -2.18. The molecule has 2 aliphatic rings. The minimum absolute atomic E-state index is 0.0159. The number of hydrogen-bond acceptors (Lipinski definition) is 15. The number of aromatic nitrogens is 2. The fourth-order valence-electron chi connectivity index (χ4n) is 5.12. The minimum Gasteiger partial charge on any atom is -0.508 e. The van der Waals surface area contributed by atoms with Crippen LogP contribution in [-0.2, 0) is 40.3 Å². The van der Waals surface area contributed by atoms with Crippen molar-refractivity contribution in [3.05, 3.63) is 69.8 Å². The molecule has 0 saturated carbocycles. The summed E-state index contributed by atoms with van der Waals surface area (Å²) in [6.45, 7) is 2.06. The number of primary sulfonamides is 1. The van der Waals surface area contributed by atoms with Gasteiger partial charge in [0.15, 0.2) is 10.5 Å². The molecular formula is C34H34N6O11S3. The molecule has 1 amide bonds. The van der Waals surface area contributed by atoms with Crippen molar-refractivity contribution in [3.63, 3.8) is 0 Å². The summed E-state index contributed by atoms with van der Waals surface area (Å²) in [5, 5.41) is 31.9. The molecule has 1 aromatic heterocycles. The number of anilines is 1. The van der Waals surface area contributed by atoms with Gasteiger partial charge >= 0.3 is 0 Å². The van der Waals surface area contributed by atoms with Crippen LogP contribution in [0.4, 0.5) is 5.69 Å². The molecule has 0 spiro atoms. The van der Waals surface area contributed by atoms with Crippen molar-refractivity contribution in [1.82, 2.24) is 20.8 Å². The van der Waals surface area contributed by atoms with Crippen molar-refractivity contribution in [2.75, 3.05) is 44.8 Å². The molecule has 20 heteroatoms. The molecule has 6 N–H and O–H groups in total. The van der Waals surface area contributed by atoms with Gasteiger partial charge < -0.3 is 39.7 Å². The van der Waals surface area contributed by atoms with Gasteiger partial charge in [-0.15, -0.1) is 10.2 Å². The number of phenols is 1. The van der Waals surface area contributed by atoms with E-state index in [4.69, 9.17) is 36.0 Å². The van der Waals surface area contributed by atoms with Crippen LogP contribution >= 0.6 is 23.6 Å². The van der Waals surface area contributed by atoms with Gasteiger partial charge in [0.1, 0.15) is 33.6 Å². The molecule has 0 fully saturated rings. The number of aromatic hydroxyl groups is 1. The number of nitrogens with two attached hydrogens (primary N) is 1. The zero-order valence-electron chi connectivity index (χ0n) is 28.4. The van der Waals surface area contributed by atoms with Crippen LogP contribution < -0.4 is 31.3 Å². The monoisotopic (exact) mass is 798 g/mol. The summed E-state index contributed by atoms with van der Waals surface area (Å²) in [6, 6.07) is 14.1. The van der Waals surface area contributed by atoms with Gasteiger partial charge in [0.05, 0.1) is 32.8 Å². The number of carbonyl (C=O) groups is 3. The Balaban J connectivity index is 0.996. The second-order valence-electron chi connectivity index (χ2n) is 11.4. The number of amides is 1. The van der Waals surface area contributed by atoms with Crippen molar-refractivity contribution in [1.29, 1.82) is 0 Å². The van der Waals surface area contributed by atoms with E-state index in [1.54, 1.807) is 30.3 Å². The quantitative estimate of drug-likeness (QED) is 0.0348. The fourth-order valence-corrected chi connectivity index (χ4v) is 6.85. The predicted molar refractivity (Wildman–Crippen MR) is 201 cm³/mol. The molecule has 17 nitrogen and oxygen atoms in total. The van der Waals surface area contributed by atoms with Crippen LogP contribution in [0.1, 0.15) is 17.8 Å². The third-order valence-corrected chi connectivity index (χ3v) is 9.98. The van der Waals surface area contributed by atoms with Gasteiger partial charge in [-0.2, -0.15) is 0 Å². The van der Waals surface area contributed by atoms with E-state index in [0.29, 0.717) is 81.8 Å². The lowest BCUT2D eigenvalue weighted by atomic mass is 9.93. The predicted octanol–water partition coefficient (Wildman–Crippen LogP) is 2.33. The van der Waals surface area contributed by atoms with E-state index in [0.717, 1.165) is 0 Å². The summed E-state index contributed by atoms with van der Waals surface area (Å²) in [5.74, 6) is -0.118. The molecule has 0 saturated heterocycles. The van der Waals surface area contributed by atoms with Gasteiger partial charge in [-0.3, -0.25) is 19.2 Å². The average molecular weight is 799 g/mol. The first-order valence-electron chi connectivity index (χ1n) is 16.2. The lowest BCUT2D eigenvalue weighted by Crippen LogP contribution is -2.31. The Hall–Kier alpha value is -5.38. The highest BCUT2D eigenvalue weighted by molar-refractivity contribution is 7.91. The number of nitrogens with one attached hydrogen (secondary N) is 3. The Labute approximate surface area is 317 Å². The first-order valence-corrected chi connectivity index (χ1v) is 19.0. The second kappa shape index (κ2) is 18.6. The number of benzene rings is 3. The van der Waals surface area contributed by atoms with E-state index in [1.165, 1.54) is 24.3 Å². The van der Waals surface area contributed by atoms with E-state index >= 15 is 0 Å². The van der Waals surface area contributed by atoms with Crippen LogP contribution in [0.2, 0.25) is 0 Å². The van der Waals surface area contributed by atoms with Crippen LogP contribution in [0, 0.1) is 0 Å². The number of carbonyl (C=O) groups excluding carboxylic acids is 3. The number of phenolic OH excluding ortho intramolecular Hbond substituents is 1. The summed E-state index contributed by atoms with van der Waals surface area (Å²) >= 11 is 6.12. The van der Waals surface area contributed by atoms with Gasteiger partial charge in [0, 0.05) is 71.9 Å². The zero-order valence-corrected chi connectivity index (χ0v) is 30.8. The first kappa shape index (κ1) is 39.8. The van der Waals surface area contributed by atoms with E-state index in [-0.39, 0.29) is 77.0 Å². The van der Waals surface area contributed by atoms with Gasteiger partial charge in [-0.1, -0.05) is 11.3 Å². The minimum atomic E-state index is -3.98. The van der Waals surface area contributed by atoms with E-state index in [1.807, 2.05) is 0 Å². The lowest BCUT2D eigenvalue weighted by molar-refractivity contribution is -0.125. The first-order chi connectivity index (χ1) is 25.9. The summed E-state index contributed by atoms with van der Waals surface area (Å²) in [7, 11) is -3.98. The summed E-state index contributed by atoms with van der Waals surface area (Å²) in [6.07, 6.45) is -0.222. The van der Waals surface area contributed by atoms with Gasteiger partial charge in [0.2, 0.25) is 10.2 Å². The Morgan fingerprint density at radius 3 is 2.41 bits per heavy atom. The van der Waals surface area contributed by atoms with Gasteiger partial charge in [-0.05, 0) is 48.6 Å². The molecule has 5 rings (SSSR count). The molecule has 0 unspecified atom stereocenters. The number of ether oxygens (including phenoxy) is 3. The highest BCUT2D eigenvalue weighted by Crippen LogP contribution is 2.44. The number of hydrogen-bond donors (Lipinski definition) is 5. The topological polar surface area (TPSA) is 251 Å². The Morgan fingerprint density at radius 1 is 0.944 bits per heavy atom. The van der Waals surface area contributed by atoms with Crippen molar-refractivity contribution in [2.24, 2.45) is 5.14 Å². The van der Waals surface area contributed by atoms with E-state index in [9.17, 15) is 32.7 Å². The number of thiocarbonyl (C=S) groups is 1. The number of ketones is 1. The maximum atomic E-state index is 12.1. The van der Waals surface area contributed by atoms with Crippen LogP contribution in [0.5, 0.6) is 11.5 Å². The van der Waals surface area contributed by atoms with Gasteiger partial charge in [0.25, 0.3) is 16.5 Å². The molecule has 2 heterocycles. The van der Waals surface area contributed by atoms with Crippen LogP contribution in [0.3, 0.4) is 0 Å². The maximum absolute atomic E-state index is 12.1. The Morgan fingerprint density at radius 2 is 1.69 bits per heavy atom. The van der Waals surface area contributed by atoms with Gasteiger partial charge in [-0.25, -0.2) is 13.6 Å². The molecule has 284 valence electrons. The number of fused-ring (bicyclic) bond motifs is 2. The third kappa shape index (κ3) is 11.1. The number of Topliss-reactive ketones (excluding diaryl/α,β-unsaturated/α-hetero) is 1. The average Bonchev–Trinajstić information content (AvgIpc) is 3.60. The summed E-state index contributed by atoms with van der Waals surface area (Å²) in [5.41, 5.74) is 2.40. The Bertz CT molecular complexity index is 2290. The number of nitrogens with zero attached hydrogens (tertiary/aromatic N) is 2. The van der Waals surface area contributed by atoms with Crippen LogP contribution in [0.25, 0.3) is 33.4 Å². The molecule has 0 atom stereocenters. The molecule has 0 radical (unpaired) electrons. The maximum Gasteiger partial charge on any atom is 0.298 e. The Kier molecular flexibility index (Phi) is 13.7. The van der Waals surface area contributed by atoms with Crippen molar-refractivity contribution >= 4 is 73.5 Å². The standard InChI is InChI=1S/C34H34N6O11S3/c35-54(46,47)34-40-39-31(53-34)18-23(44)4-8-30(45)36-9-11-48-13-14-49-12-10-37-33(52)38-20-1-5-24(27(15-20)50-19-41)32-25-6-2-21(42)16-28(25)51-29-17-22(43)3-7-26(29)32/h1-3,5-7,15-17,19,42H,4,8-14,18H2,(H,36,45)(H2,35,46,47)(H2,37,38,52). The third-order valence-electron chi connectivity index (χ3n) is 7.50. The van der Waals surface area contributed by atoms with Crippen molar-refractivity contribution in [3.8, 4) is 33.9 Å². The van der Waals surface area contributed by atoms with Crippen molar-refractivity contribution < 1.29 is 46.5 Å². The molecule has 2 aromatic carbocycles. The van der Waals surface area contributed by atoms with E-state index < -0.39 is 10.0 Å². The van der Waals surface area contributed by atoms with Crippen LogP contribution in [-0.4, -0.2) is 86.5 Å². The van der Waals surface area contributed by atoms with Crippen LogP contribution in [0.15, 0.2) is 68.1 Å². The number of sulfonamides is 1. The highest BCUT2D eigenvalue weighted by Gasteiger charge is 2.21. The molecule has 54 heavy (non-hydrogen) atoms. The SMILES string of the molecule is NS(=O)(=O)c1nnc(CC(=O)CCC(=O)NCCOCCOCCNC(=S)Nc2ccc(-c3c4ccc(=O)cc-4oc4cc(O)ccc34)c(OC=O)c2)s1. The molecular weight excluding hydrogens is 765 g/mol. The summed E-state index contributed by atoms with van der Waals surface area (Å²) in [4.78, 5) is 47.7. The smallest absolute Gasteiger partial charge is 0.298 e. The molecule has 3 aromatic rings. The number of rotatable bonds is 19. The molecule has 1 aliphatic heterocycles. The van der Waals surface area contributed by atoms with E-state index in [2.05, 4.69) is 26.1 Å². The molecule has 1 aliphatic carbocycles. The normalized spacial score (nSPS) is 11.4. The summed E-state index contributed by atoms with van der Waals surface area (Å²) < 4.78 is 44.4. The fraction of sp³-hybridized carbons (Fsp3) is 0.265. The van der Waals surface area contributed by atoms with Crippen molar-refractivity contribution in [2.45, 2.75) is 23.6 Å². The highest BCUT2D eigenvalue weighted by atomic mass is 32.2. The molecule has 0 bridgehead atoms. The zero-order chi connectivity index (χ0) is 38.7.